The molecule has 2 N–H and O–H groups in total. The minimum Gasteiger partial charge on any atom is -0.480 e. The maximum atomic E-state index is 11.1. The van der Waals surface area contributed by atoms with E-state index in [9.17, 15) is 4.79 Å². The van der Waals surface area contributed by atoms with Gasteiger partial charge in [0.25, 0.3) is 0 Å². The molecule has 1 saturated heterocycles. The number of carboxylic acid groups (broad SMARTS) is 1. The van der Waals surface area contributed by atoms with Crippen LogP contribution in [0.25, 0.3) is 0 Å². The molecule has 4 nitrogen and oxygen atoms in total. The molecule has 0 saturated carbocycles. The van der Waals surface area contributed by atoms with Gasteiger partial charge in [0.2, 0.25) is 0 Å². The number of nitrogens with zero attached hydrogens (tertiary/aromatic N) is 1. The first-order valence-electron chi connectivity index (χ1n) is 6.22. The standard InChI is InChI=1S/C12H24N2O2/c1-4-12(3,11(15)16)13-8-10-6-7-14(5-2)9-10/h10,13H,4-9H2,1-3H3,(H,15,16). The zero-order chi connectivity index (χ0) is 12.2. The first-order chi connectivity index (χ1) is 7.51. The summed E-state index contributed by atoms with van der Waals surface area (Å²) in [4.78, 5) is 13.5. The van der Waals surface area contributed by atoms with Crippen molar-refractivity contribution in [2.24, 2.45) is 5.92 Å². The highest BCUT2D eigenvalue weighted by Gasteiger charge is 2.32. The summed E-state index contributed by atoms with van der Waals surface area (Å²) in [6.07, 6.45) is 1.80. The Hall–Kier alpha value is -0.610. The number of hydrogen-bond donors (Lipinski definition) is 2. The number of hydrogen-bond acceptors (Lipinski definition) is 3. The highest BCUT2D eigenvalue weighted by Crippen LogP contribution is 2.17. The van der Waals surface area contributed by atoms with Gasteiger partial charge in [-0.25, -0.2) is 0 Å². The van der Waals surface area contributed by atoms with Gasteiger partial charge in [0, 0.05) is 13.1 Å². The fourth-order valence-electron chi connectivity index (χ4n) is 2.09. The molecule has 0 amide bonds. The number of likely N-dealkylation sites (tertiary alicyclic amines) is 1. The average molecular weight is 228 g/mol. The van der Waals surface area contributed by atoms with Gasteiger partial charge in [0.15, 0.2) is 0 Å². The molecular formula is C12H24N2O2. The van der Waals surface area contributed by atoms with Crippen LogP contribution in [0.15, 0.2) is 0 Å². The quantitative estimate of drug-likeness (QED) is 0.716. The molecule has 1 heterocycles. The Morgan fingerprint density at radius 2 is 2.25 bits per heavy atom. The Bertz CT molecular complexity index is 245. The van der Waals surface area contributed by atoms with Crippen LogP contribution in [0.5, 0.6) is 0 Å². The first kappa shape index (κ1) is 13.5. The molecule has 94 valence electrons. The van der Waals surface area contributed by atoms with Crippen LogP contribution in [-0.4, -0.2) is 47.7 Å². The highest BCUT2D eigenvalue weighted by molar-refractivity contribution is 5.78. The Morgan fingerprint density at radius 1 is 1.56 bits per heavy atom. The van der Waals surface area contributed by atoms with Crippen molar-refractivity contribution in [3.8, 4) is 0 Å². The van der Waals surface area contributed by atoms with Crippen molar-refractivity contribution in [2.45, 2.75) is 39.2 Å². The fourth-order valence-corrected chi connectivity index (χ4v) is 2.09. The summed E-state index contributed by atoms with van der Waals surface area (Å²) >= 11 is 0. The number of carbonyl (C=O) groups is 1. The zero-order valence-electron chi connectivity index (χ0n) is 10.6. The minimum absolute atomic E-state index is 0.602. The number of nitrogens with one attached hydrogen (secondary N) is 1. The molecule has 2 unspecified atom stereocenters. The van der Waals surface area contributed by atoms with Crippen molar-refractivity contribution in [3.05, 3.63) is 0 Å². The first-order valence-corrected chi connectivity index (χ1v) is 6.22. The van der Waals surface area contributed by atoms with Gasteiger partial charge in [-0.3, -0.25) is 4.79 Å². The maximum absolute atomic E-state index is 11.1. The van der Waals surface area contributed by atoms with Gasteiger partial charge in [0.1, 0.15) is 5.54 Å². The third kappa shape index (κ3) is 3.19. The summed E-state index contributed by atoms with van der Waals surface area (Å²) in [6, 6.07) is 0. The molecule has 4 heteroatoms. The molecular weight excluding hydrogens is 204 g/mol. The number of rotatable bonds is 6. The largest absolute Gasteiger partial charge is 0.480 e. The average Bonchev–Trinajstić information content (AvgIpc) is 2.73. The number of aliphatic carboxylic acids is 1. The van der Waals surface area contributed by atoms with E-state index in [1.165, 1.54) is 6.42 Å². The molecule has 0 aromatic rings. The second kappa shape index (κ2) is 5.64. The second-order valence-corrected chi connectivity index (χ2v) is 4.92. The van der Waals surface area contributed by atoms with E-state index < -0.39 is 11.5 Å². The molecule has 0 aliphatic carbocycles. The molecule has 16 heavy (non-hydrogen) atoms. The van der Waals surface area contributed by atoms with Crippen LogP contribution < -0.4 is 5.32 Å². The van der Waals surface area contributed by atoms with E-state index in [4.69, 9.17) is 5.11 Å². The van der Waals surface area contributed by atoms with Crippen molar-refractivity contribution in [2.75, 3.05) is 26.2 Å². The van der Waals surface area contributed by atoms with Crippen LogP contribution in [0, 0.1) is 5.92 Å². The van der Waals surface area contributed by atoms with Crippen molar-refractivity contribution in [1.82, 2.24) is 10.2 Å². The summed E-state index contributed by atoms with van der Waals surface area (Å²) in [6.45, 7) is 10.0. The monoisotopic (exact) mass is 228 g/mol. The van der Waals surface area contributed by atoms with E-state index in [-0.39, 0.29) is 0 Å². The minimum atomic E-state index is -0.764. The lowest BCUT2D eigenvalue weighted by atomic mass is 9.97. The Balaban J connectivity index is 2.37. The third-order valence-corrected chi connectivity index (χ3v) is 3.78. The third-order valence-electron chi connectivity index (χ3n) is 3.78. The molecule has 1 aliphatic heterocycles. The Labute approximate surface area is 98.0 Å². The van der Waals surface area contributed by atoms with Gasteiger partial charge in [-0.15, -0.1) is 0 Å². The highest BCUT2D eigenvalue weighted by atomic mass is 16.4. The molecule has 1 rings (SSSR count). The molecule has 0 radical (unpaired) electrons. The van der Waals surface area contributed by atoms with Crippen LogP contribution in [0.3, 0.4) is 0 Å². The summed E-state index contributed by atoms with van der Waals surface area (Å²) in [7, 11) is 0. The van der Waals surface area contributed by atoms with Gasteiger partial charge in [-0.1, -0.05) is 13.8 Å². The molecule has 0 bridgehead atoms. The van der Waals surface area contributed by atoms with Crippen molar-refractivity contribution < 1.29 is 9.90 Å². The molecule has 0 spiro atoms. The normalized spacial score (nSPS) is 25.6. The molecule has 1 fully saturated rings. The van der Waals surface area contributed by atoms with Crippen LogP contribution in [-0.2, 0) is 4.79 Å². The van der Waals surface area contributed by atoms with E-state index in [1.807, 2.05) is 6.92 Å². The molecule has 0 aromatic heterocycles. The Morgan fingerprint density at radius 3 is 2.69 bits per heavy atom. The summed E-state index contributed by atoms with van der Waals surface area (Å²) in [5, 5.41) is 12.3. The van der Waals surface area contributed by atoms with E-state index in [1.54, 1.807) is 6.92 Å². The lowest BCUT2D eigenvalue weighted by molar-refractivity contribution is -0.144. The maximum Gasteiger partial charge on any atom is 0.323 e. The van der Waals surface area contributed by atoms with Gasteiger partial charge in [-0.2, -0.15) is 0 Å². The predicted octanol–water partition coefficient (Wildman–Crippen LogP) is 1.17. The van der Waals surface area contributed by atoms with E-state index in [0.717, 1.165) is 26.2 Å². The van der Waals surface area contributed by atoms with Crippen LogP contribution in [0.2, 0.25) is 0 Å². The Kier molecular flexibility index (Phi) is 4.74. The molecule has 2 atom stereocenters. The summed E-state index contributed by atoms with van der Waals surface area (Å²) < 4.78 is 0. The number of carboxylic acids is 1. The van der Waals surface area contributed by atoms with Crippen LogP contribution >= 0.6 is 0 Å². The molecule has 1 aliphatic rings. The summed E-state index contributed by atoms with van der Waals surface area (Å²) in [5.41, 5.74) is -0.764. The summed E-state index contributed by atoms with van der Waals surface area (Å²) in [5.74, 6) is -0.148. The van der Waals surface area contributed by atoms with E-state index >= 15 is 0 Å². The van der Waals surface area contributed by atoms with Crippen molar-refractivity contribution in [1.29, 1.82) is 0 Å². The van der Waals surface area contributed by atoms with E-state index in [0.29, 0.717) is 12.3 Å². The second-order valence-electron chi connectivity index (χ2n) is 4.92. The van der Waals surface area contributed by atoms with Gasteiger partial charge < -0.3 is 15.3 Å². The fraction of sp³-hybridized carbons (Fsp3) is 0.917. The lowest BCUT2D eigenvalue weighted by Crippen LogP contribution is -2.50. The van der Waals surface area contributed by atoms with Crippen LogP contribution in [0.1, 0.15) is 33.6 Å². The van der Waals surface area contributed by atoms with E-state index in [2.05, 4.69) is 17.1 Å². The predicted molar refractivity (Wildman–Crippen MR) is 64.6 cm³/mol. The zero-order valence-corrected chi connectivity index (χ0v) is 10.6. The van der Waals surface area contributed by atoms with Crippen molar-refractivity contribution in [3.63, 3.8) is 0 Å². The molecule has 0 aromatic carbocycles. The lowest BCUT2D eigenvalue weighted by Gasteiger charge is -2.26. The van der Waals surface area contributed by atoms with Gasteiger partial charge >= 0.3 is 5.97 Å². The van der Waals surface area contributed by atoms with Crippen LogP contribution in [0.4, 0.5) is 0 Å². The topological polar surface area (TPSA) is 52.6 Å². The SMILES string of the molecule is CCN1CCC(CNC(C)(CC)C(=O)O)C1. The smallest absolute Gasteiger partial charge is 0.323 e. The van der Waals surface area contributed by atoms with Gasteiger partial charge in [0.05, 0.1) is 0 Å². The van der Waals surface area contributed by atoms with Crippen molar-refractivity contribution >= 4 is 5.97 Å². The van der Waals surface area contributed by atoms with Gasteiger partial charge in [-0.05, 0) is 38.8 Å².